The van der Waals surface area contributed by atoms with Crippen LogP contribution in [0.25, 0.3) is 0 Å². The SMILES string of the molecule is C=CCCCN(C)C(=NC)NCc1cccnc1N1CCN(C)CC1. The van der Waals surface area contributed by atoms with Crippen molar-refractivity contribution in [1.82, 2.24) is 20.1 Å². The van der Waals surface area contributed by atoms with Crippen molar-refractivity contribution in [2.45, 2.75) is 19.4 Å². The molecule has 1 N–H and O–H groups in total. The molecule has 0 unspecified atom stereocenters. The summed E-state index contributed by atoms with van der Waals surface area (Å²) < 4.78 is 0. The van der Waals surface area contributed by atoms with E-state index in [0.717, 1.165) is 63.9 Å². The number of aromatic nitrogens is 1. The number of unbranched alkanes of at least 4 members (excludes halogenated alkanes) is 1. The lowest BCUT2D eigenvalue weighted by molar-refractivity contribution is 0.311. The van der Waals surface area contributed by atoms with Crippen LogP contribution in [0.4, 0.5) is 5.82 Å². The van der Waals surface area contributed by atoms with Crippen LogP contribution in [0, 0.1) is 0 Å². The Morgan fingerprint density at radius 3 is 2.84 bits per heavy atom. The third-order valence-corrected chi connectivity index (χ3v) is 4.58. The maximum atomic E-state index is 4.64. The largest absolute Gasteiger partial charge is 0.354 e. The summed E-state index contributed by atoms with van der Waals surface area (Å²) in [7, 11) is 6.07. The number of anilines is 1. The Labute approximate surface area is 152 Å². The number of pyridine rings is 1. The zero-order valence-corrected chi connectivity index (χ0v) is 15.9. The summed E-state index contributed by atoms with van der Waals surface area (Å²) in [5, 5.41) is 3.47. The monoisotopic (exact) mass is 344 g/mol. The van der Waals surface area contributed by atoms with Gasteiger partial charge in [0.05, 0.1) is 0 Å². The molecule has 2 rings (SSSR count). The molecule has 138 valence electrons. The lowest BCUT2D eigenvalue weighted by Gasteiger charge is -2.34. The molecule has 2 heterocycles. The van der Waals surface area contributed by atoms with E-state index in [1.807, 2.05) is 25.4 Å². The number of rotatable bonds is 7. The minimum atomic E-state index is 0.730. The summed E-state index contributed by atoms with van der Waals surface area (Å²) in [6, 6.07) is 4.16. The molecule has 0 aromatic carbocycles. The third kappa shape index (κ3) is 5.74. The number of likely N-dealkylation sites (N-methyl/N-ethyl adjacent to an activating group) is 1. The lowest BCUT2D eigenvalue weighted by atomic mass is 10.2. The Bertz CT molecular complexity index is 563. The van der Waals surface area contributed by atoms with Crippen LogP contribution in [0.2, 0.25) is 0 Å². The van der Waals surface area contributed by atoms with Gasteiger partial charge in [0, 0.05) is 65.1 Å². The highest BCUT2D eigenvalue weighted by atomic mass is 15.3. The highest BCUT2D eigenvalue weighted by Gasteiger charge is 2.18. The van der Waals surface area contributed by atoms with Gasteiger partial charge in [-0.1, -0.05) is 12.1 Å². The number of hydrogen-bond donors (Lipinski definition) is 1. The second kappa shape index (κ2) is 10.0. The third-order valence-electron chi connectivity index (χ3n) is 4.58. The van der Waals surface area contributed by atoms with E-state index < -0.39 is 0 Å². The van der Waals surface area contributed by atoms with Crippen molar-refractivity contribution in [3.8, 4) is 0 Å². The van der Waals surface area contributed by atoms with Crippen molar-refractivity contribution >= 4 is 11.8 Å². The maximum Gasteiger partial charge on any atom is 0.193 e. The van der Waals surface area contributed by atoms with Crippen molar-refractivity contribution in [3.63, 3.8) is 0 Å². The van der Waals surface area contributed by atoms with Gasteiger partial charge >= 0.3 is 0 Å². The summed E-state index contributed by atoms with van der Waals surface area (Å²) in [5.74, 6) is 2.00. The molecule has 25 heavy (non-hydrogen) atoms. The van der Waals surface area contributed by atoms with Crippen molar-refractivity contribution in [2.24, 2.45) is 4.99 Å². The molecule has 1 fully saturated rings. The van der Waals surface area contributed by atoms with Crippen LogP contribution in [-0.2, 0) is 6.54 Å². The second-order valence-corrected chi connectivity index (χ2v) is 6.53. The average Bonchev–Trinajstić information content (AvgIpc) is 2.63. The van der Waals surface area contributed by atoms with Crippen LogP contribution < -0.4 is 10.2 Å². The normalized spacial score (nSPS) is 16.0. The van der Waals surface area contributed by atoms with Crippen molar-refractivity contribution in [2.75, 3.05) is 58.8 Å². The number of piperazine rings is 1. The number of hydrogen-bond acceptors (Lipinski definition) is 4. The van der Waals surface area contributed by atoms with Gasteiger partial charge in [-0.2, -0.15) is 0 Å². The van der Waals surface area contributed by atoms with Gasteiger partial charge in [-0.3, -0.25) is 4.99 Å². The Kier molecular flexibility index (Phi) is 7.73. The Balaban J connectivity index is 1.96. The van der Waals surface area contributed by atoms with E-state index in [1.165, 1.54) is 5.56 Å². The molecule has 0 radical (unpaired) electrons. The van der Waals surface area contributed by atoms with Crippen LogP contribution >= 0.6 is 0 Å². The predicted molar refractivity (Wildman–Crippen MR) is 106 cm³/mol. The fraction of sp³-hybridized carbons (Fsp3) is 0.579. The molecular weight excluding hydrogens is 312 g/mol. The molecule has 1 aliphatic heterocycles. The summed E-state index contributed by atoms with van der Waals surface area (Å²) in [6.07, 6.45) is 5.95. The van der Waals surface area contributed by atoms with Crippen LogP contribution in [0.1, 0.15) is 18.4 Å². The fourth-order valence-electron chi connectivity index (χ4n) is 3.01. The van der Waals surface area contributed by atoms with E-state index in [2.05, 4.69) is 56.7 Å². The molecule has 1 aromatic heterocycles. The van der Waals surface area contributed by atoms with Gasteiger partial charge in [0.2, 0.25) is 0 Å². The first-order valence-electron chi connectivity index (χ1n) is 9.05. The topological polar surface area (TPSA) is 47.0 Å². The molecule has 0 spiro atoms. The Morgan fingerprint density at radius 1 is 1.40 bits per heavy atom. The maximum absolute atomic E-state index is 4.64. The molecular formula is C19H32N6. The molecule has 1 saturated heterocycles. The Morgan fingerprint density at radius 2 is 2.16 bits per heavy atom. The van der Waals surface area contributed by atoms with Crippen LogP contribution in [-0.4, -0.2) is 74.6 Å². The molecule has 1 aromatic rings. The predicted octanol–water partition coefficient (Wildman–Crippen LogP) is 1.81. The van der Waals surface area contributed by atoms with Crippen molar-refractivity contribution in [1.29, 1.82) is 0 Å². The van der Waals surface area contributed by atoms with Crippen LogP contribution in [0.5, 0.6) is 0 Å². The van der Waals surface area contributed by atoms with Crippen LogP contribution in [0.3, 0.4) is 0 Å². The summed E-state index contributed by atoms with van der Waals surface area (Å²) in [4.78, 5) is 15.9. The minimum Gasteiger partial charge on any atom is -0.354 e. The first kappa shape index (κ1) is 19.2. The number of allylic oxidation sites excluding steroid dienone is 1. The van der Waals surface area contributed by atoms with E-state index in [0.29, 0.717) is 0 Å². The smallest absolute Gasteiger partial charge is 0.193 e. The molecule has 0 bridgehead atoms. The molecule has 0 atom stereocenters. The highest BCUT2D eigenvalue weighted by Crippen LogP contribution is 2.18. The zero-order valence-electron chi connectivity index (χ0n) is 15.9. The minimum absolute atomic E-state index is 0.730. The molecule has 0 saturated carbocycles. The van der Waals surface area contributed by atoms with Gasteiger partial charge in [0.1, 0.15) is 5.82 Å². The van der Waals surface area contributed by atoms with Gasteiger partial charge in [0.15, 0.2) is 5.96 Å². The van der Waals surface area contributed by atoms with E-state index in [-0.39, 0.29) is 0 Å². The van der Waals surface area contributed by atoms with E-state index in [9.17, 15) is 0 Å². The van der Waals surface area contributed by atoms with Gasteiger partial charge in [0.25, 0.3) is 0 Å². The lowest BCUT2D eigenvalue weighted by Crippen LogP contribution is -2.45. The van der Waals surface area contributed by atoms with E-state index in [4.69, 9.17) is 0 Å². The first-order valence-corrected chi connectivity index (χ1v) is 9.05. The van der Waals surface area contributed by atoms with Crippen LogP contribution in [0.15, 0.2) is 36.0 Å². The van der Waals surface area contributed by atoms with Gasteiger partial charge in [-0.05, 0) is 26.0 Å². The van der Waals surface area contributed by atoms with E-state index in [1.54, 1.807) is 0 Å². The highest BCUT2D eigenvalue weighted by molar-refractivity contribution is 5.79. The number of aliphatic imine (C=N–C) groups is 1. The summed E-state index contributed by atoms with van der Waals surface area (Å²) in [5.41, 5.74) is 1.22. The molecule has 6 nitrogen and oxygen atoms in total. The number of guanidine groups is 1. The molecule has 0 aliphatic carbocycles. The van der Waals surface area contributed by atoms with Gasteiger partial charge < -0.3 is 20.0 Å². The number of nitrogens with zero attached hydrogens (tertiary/aromatic N) is 5. The van der Waals surface area contributed by atoms with Crippen molar-refractivity contribution < 1.29 is 0 Å². The summed E-state index contributed by atoms with van der Waals surface area (Å²) >= 11 is 0. The average molecular weight is 345 g/mol. The Hall–Kier alpha value is -2.08. The van der Waals surface area contributed by atoms with Gasteiger partial charge in [-0.25, -0.2) is 4.98 Å². The fourth-order valence-corrected chi connectivity index (χ4v) is 3.01. The zero-order chi connectivity index (χ0) is 18.1. The second-order valence-electron chi connectivity index (χ2n) is 6.53. The molecule has 6 heteroatoms. The molecule has 1 aliphatic rings. The first-order chi connectivity index (χ1) is 12.2. The van der Waals surface area contributed by atoms with Crippen molar-refractivity contribution in [3.05, 3.63) is 36.5 Å². The summed E-state index contributed by atoms with van der Waals surface area (Å²) in [6.45, 7) is 9.68. The van der Waals surface area contributed by atoms with Gasteiger partial charge in [-0.15, -0.1) is 6.58 Å². The molecule has 0 amide bonds. The standard InChI is InChI=1S/C19H32N6/c1-5-6-7-11-24(4)19(20-2)22-16-17-9-8-10-21-18(17)25-14-12-23(3)13-15-25/h5,8-10H,1,6-7,11-16H2,2-4H3,(H,20,22). The van der Waals surface area contributed by atoms with E-state index >= 15 is 0 Å². The quantitative estimate of drug-likeness (QED) is 0.354. The number of nitrogens with one attached hydrogen (secondary N) is 1.